The van der Waals surface area contributed by atoms with Gasteiger partial charge in [-0.1, -0.05) is 18.2 Å². The topological polar surface area (TPSA) is 99.0 Å². The van der Waals surface area contributed by atoms with Gasteiger partial charge in [0.2, 0.25) is 0 Å². The van der Waals surface area contributed by atoms with Crippen LogP contribution in [0.25, 0.3) is 0 Å². The summed E-state index contributed by atoms with van der Waals surface area (Å²) in [6.45, 7) is 1.28. The van der Waals surface area contributed by atoms with Gasteiger partial charge in [-0.15, -0.1) is 0 Å². The number of benzene rings is 2. The van der Waals surface area contributed by atoms with Gasteiger partial charge in [0.25, 0.3) is 5.69 Å². The van der Waals surface area contributed by atoms with Crippen LogP contribution in [0.15, 0.2) is 48.5 Å². The van der Waals surface area contributed by atoms with Gasteiger partial charge in [0.15, 0.2) is 0 Å². The normalized spacial score (nSPS) is 13.2. The Bertz CT molecular complexity index is 862. The predicted molar refractivity (Wildman–Crippen MR) is 102 cm³/mol. The van der Waals surface area contributed by atoms with Gasteiger partial charge in [-0.25, -0.2) is 9.59 Å². The molecule has 3 rings (SSSR count). The van der Waals surface area contributed by atoms with Crippen LogP contribution < -0.4 is 4.90 Å². The van der Waals surface area contributed by atoms with Crippen LogP contribution in [0.2, 0.25) is 0 Å². The minimum absolute atomic E-state index is 0.0871. The van der Waals surface area contributed by atoms with Gasteiger partial charge in [-0.2, -0.15) is 0 Å². The number of esters is 2. The summed E-state index contributed by atoms with van der Waals surface area (Å²) in [6.07, 6.45) is 1.98. The molecular weight excluding hydrogens is 364 g/mol. The summed E-state index contributed by atoms with van der Waals surface area (Å²) >= 11 is 0. The first-order valence-electron chi connectivity index (χ1n) is 8.99. The van der Waals surface area contributed by atoms with Crippen molar-refractivity contribution in [3.05, 3.63) is 69.8 Å². The molecule has 0 spiro atoms. The second-order valence-corrected chi connectivity index (χ2v) is 6.29. The van der Waals surface area contributed by atoms with E-state index in [1.54, 1.807) is 36.4 Å². The van der Waals surface area contributed by atoms with Crippen molar-refractivity contribution >= 4 is 23.3 Å². The maximum Gasteiger partial charge on any atom is 0.338 e. The van der Waals surface area contributed by atoms with Gasteiger partial charge >= 0.3 is 11.9 Å². The first-order chi connectivity index (χ1) is 13.6. The van der Waals surface area contributed by atoms with Crippen LogP contribution in [-0.4, -0.2) is 43.2 Å². The predicted octanol–water partition coefficient (Wildman–Crippen LogP) is 3.21. The molecule has 1 aliphatic rings. The summed E-state index contributed by atoms with van der Waals surface area (Å²) in [5.74, 6) is -1.21. The molecule has 8 nitrogen and oxygen atoms in total. The zero-order chi connectivity index (χ0) is 19.9. The van der Waals surface area contributed by atoms with E-state index in [1.807, 2.05) is 4.90 Å². The molecule has 1 heterocycles. The molecule has 0 aromatic heterocycles. The van der Waals surface area contributed by atoms with Gasteiger partial charge in [-0.05, 0) is 37.1 Å². The quantitative estimate of drug-likeness (QED) is 0.313. The number of nitrogens with zero attached hydrogens (tertiary/aromatic N) is 2. The largest absolute Gasteiger partial charge is 0.458 e. The number of nitro groups is 1. The number of hydrogen-bond acceptors (Lipinski definition) is 7. The van der Waals surface area contributed by atoms with Gasteiger partial charge in [0.1, 0.15) is 18.9 Å². The summed E-state index contributed by atoms with van der Waals surface area (Å²) in [4.78, 5) is 36.8. The zero-order valence-electron chi connectivity index (χ0n) is 15.2. The van der Waals surface area contributed by atoms with Gasteiger partial charge < -0.3 is 14.4 Å². The number of nitro benzene ring substituents is 1. The Kier molecular flexibility index (Phi) is 6.21. The van der Waals surface area contributed by atoms with Crippen LogP contribution in [0.4, 0.5) is 11.4 Å². The molecule has 0 aliphatic carbocycles. The van der Waals surface area contributed by atoms with E-state index < -0.39 is 16.9 Å². The lowest BCUT2D eigenvalue weighted by Crippen LogP contribution is -2.19. The van der Waals surface area contributed by atoms with Crippen LogP contribution in [0.3, 0.4) is 0 Å². The lowest BCUT2D eigenvalue weighted by atomic mass is 10.1. The third kappa shape index (κ3) is 4.64. The minimum Gasteiger partial charge on any atom is -0.458 e. The van der Waals surface area contributed by atoms with Gasteiger partial charge in [0, 0.05) is 19.2 Å². The molecular formula is C20H20N2O6. The number of ether oxygens (including phenoxy) is 2. The molecule has 8 heteroatoms. The third-order valence-corrected chi connectivity index (χ3v) is 4.41. The number of carbonyl (C=O) groups excluding carboxylic acids is 2. The first-order valence-corrected chi connectivity index (χ1v) is 8.99. The summed E-state index contributed by atoms with van der Waals surface area (Å²) in [6, 6.07) is 12.8. The number of rotatable bonds is 7. The van der Waals surface area contributed by atoms with Gasteiger partial charge in [-0.3, -0.25) is 10.1 Å². The van der Waals surface area contributed by atoms with Gasteiger partial charge in [0.05, 0.1) is 16.1 Å². The highest BCUT2D eigenvalue weighted by molar-refractivity contribution is 5.91. The molecule has 0 amide bonds. The monoisotopic (exact) mass is 384 g/mol. The molecule has 2 aromatic rings. The summed E-state index contributed by atoms with van der Waals surface area (Å²) in [5, 5.41) is 11.4. The Hall–Kier alpha value is -3.42. The second kappa shape index (κ2) is 8.98. The summed E-state index contributed by atoms with van der Waals surface area (Å²) < 4.78 is 10.1. The van der Waals surface area contributed by atoms with Crippen LogP contribution in [0.5, 0.6) is 0 Å². The molecule has 2 aromatic carbocycles. The van der Waals surface area contributed by atoms with E-state index >= 15 is 0 Å². The lowest BCUT2D eigenvalue weighted by Gasteiger charge is -2.17. The van der Waals surface area contributed by atoms with E-state index in [0.717, 1.165) is 25.9 Å². The molecule has 0 N–H and O–H groups in total. The Morgan fingerprint density at radius 3 is 2.14 bits per heavy atom. The van der Waals surface area contributed by atoms with E-state index in [9.17, 15) is 19.7 Å². The number of hydrogen-bond donors (Lipinski definition) is 0. The molecule has 146 valence electrons. The molecule has 1 aliphatic heterocycles. The lowest BCUT2D eigenvalue weighted by molar-refractivity contribution is -0.384. The summed E-state index contributed by atoms with van der Waals surface area (Å²) in [7, 11) is 0. The van der Waals surface area contributed by atoms with Crippen LogP contribution in [0, 0.1) is 10.1 Å². The maximum absolute atomic E-state index is 12.2. The summed E-state index contributed by atoms with van der Waals surface area (Å²) in [5.41, 5.74) is 0.883. The highest BCUT2D eigenvalue weighted by atomic mass is 16.6. The second-order valence-electron chi connectivity index (χ2n) is 6.29. The molecule has 0 saturated carbocycles. The highest BCUT2D eigenvalue weighted by Crippen LogP contribution is 2.31. The average molecular weight is 384 g/mol. The van der Waals surface area contributed by atoms with Crippen molar-refractivity contribution in [1.82, 2.24) is 0 Å². The first kappa shape index (κ1) is 19.3. The molecule has 0 radical (unpaired) electrons. The van der Waals surface area contributed by atoms with Crippen molar-refractivity contribution in [3.8, 4) is 0 Å². The fraction of sp³-hybridized carbons (Fsp3) is 0.300. The van der Waals surface area contributed by atoms with Crippen molar-refractivity contribution in [1.29, 1.82) is 0 Å². The van der Waals surface area contributed by atoms with E-state index in [-0.39, 0.29) is 24.5 Å². The van der Waals surface area contributed by atoms with Crippen molar-refractivity contribution in [2.75, 3.05) is 31.2 Å². The van der Waals surface area contributed by atoms with Crippen LogP contribution in [0.1, 0.15) is 33.6 Å². The van der Waals surface area contributed by atoms with Crippen molar-refractivity contribution < 1.29 is 24.0 Å². The number of carbonyl (C=O) groups is 2. The van der Waals surface area contributed by atoms with E-state index in [1.165, 1.54) is 12.1 Å². The zero-order valence-corrected chi connectivity index (χ0v) is 15.2. The van der Waals surface area contributed by atoms with Crippen LogP contribution in [-0.2, 0) is 9.47 Å². The Labute approximate surface area is 161 Å². The fourth-order valence-corrected chi connectivity index (χ4v) is 3.03. The maximum atomic E-state index is 12.2. The molecule has 0 atom stereocenters. The van der Waals surface area contributed by atoms with E-state index in [2.05, 4.69) is 0 Å². The molecule has 0 unspecified atom stereocenters. The standard InChI is InChI=1S/C20H20N2O6/c23-19(15-6-2-1-3-7-15)27-12-13-28-20(24)16-8-9-17(18(14-16)22(25)26)21-10-4-5-11-21/h1-3,6-9,14H,4-5,10-13H2. The smallest absolute Gasteiger partial charge is 0.338 e. The van der Waals surface area contributed by atoms with Crippen LogP contribution >= 0.6 is 0 Å². The van der Waals surface area contributed by atoms with E-state index in [0.29, 0.717) is 11.3 Å². The molecule has 1 saturated heterocycles. The number of anilines is 1. The van der Waals surface area contributed by atoms with Crippen molar-refractivity contribution in [3.63, 3.8) is 0 Å². The third-order valence-electron chi connectivity index (χ3n) is 4.41. The highest BCUT2D eigenvalue weighted by Gasteiger charge is 2.24. The Morgan fingerprint density at radius 2 is 1.54 bits per heavy atom. The SMILES string of the molecule is O=C(OCCOC(=O)c1ccc(N2CCCC2)c([N+](=O)[O-])c1)c1ccccc1. The molecule has 28 heavy (non-hydrogen) atoms. The van der Waals surface area contributed by atoms with Crippen molar-refractivity contribution in [2.45, 2.75) is 12.8 Å². The fourth-order valence-electron chi connectivity index (χ4n) is 3.03. The minimum atomic E-state index is -0.702. The van der Waals surface area contributed by atoms with Crippen molar-refractivity contribution in [2.24, 2.45) is 0 Å². The molecule has 0 bridgehead atoms. The van der Waals surface area contributed by atoms with E-state index in [4.69, 9.17) is 9.47 Å². The molecule has 1 fully saturated rings. The Balaban J connectivity index is 1.56. The Morgan fingerprint density at radius 1 is 0.929 bits per heavy atom. The average Bonchev–Trinajstić information content (AvgIpc) is 3.25.